The number of phenolic OH excluding ortho intramolecular Hbond substituents is 1. The van der Waals surface area contributed by atoms with Crippen LogP contribution in [0.2, 0.25) is 0 Å². The van der Waals surface area contributed by atoms with Gasteiger partial charge in [-0.15, -0.1) is 0 Å². The highest BCUT2D eigenvalue weighted by molar-refractivity contribution is 5.65. The normalized spacial score (nSPS) is 12.4. The van der Waals surface area contributed by atoms with Gasteiger partial charge in [0.05, 0.1) is 7.11 Å². The van der Waals surface area contributed by atoms with E-state index in [0.29, 0.717) is 5.75 Å². The molecule has 0 bridgehead atoms. The van der Waals surface area contributed by atoms with Crippen LogP contribution in [0, 0.1) is 0 Å². The average molecular weight is 208 g/mol. The Balaban J connectivity index is 0.000000195. The van der Waals surface area contributed by atoms with Crippen molar-refractivity contribution in [2.45, 2.75) is 26.2 Å². The molecule has 15 heavy (non-hydrogen) atoms. The Morgan fingerprint density at radius 1 is 1.33 bits per heavy atom. The van der Waals surface area contributed by atoms with E-state index in [4.69, 9.17) is 5.11 Å². The Kier molecular flexibility index (Phi) is 4.16. The van der Waals surface area contributed by atoms with Gasteiger partial charge in [0.2, 0.25) is 0 Å². The lowest BCUT2D eigenvalue weighted by molar-refractivity contribution is -0.137. The molecule has 0 aliphatic heterocycles. The number of hydrogen-bond acceptors (Lipinski definition) is 3. The number of esters is 1. The van der Waals surface area contributed by atoms with Gasteiger partial charge in [-0.25, -0.2) is 0 Å². The number of aromatic hydroxyl groups is 1. The lowest BCUT2D eigenvalue weighted by atomic mass is 10.1. The minimum Gasteiger partial charge on any atom is -0.508 e. The molecule has 2 rings (SSSR count). The first kappa shape index (κ1) is 11.6. The van der Waals surface area contributed by atoms with Crippen LogP contribution in [0.25, 0.3) is 0 Å². The molecule has 0 aromatic heterocycles. The molecule has 0 saturated carbocycles. The van der Waals surface area contributed by atoms with E-state index in [1.54, 1.807) is 6.07 Å². The second kappa shape index (κ2) is 5.39. The molecular formula is C12H16O3. The maximum absolute atomic E-state index is 9.59. The van der Waals surface area contributed by atoms with Gasteiger partial charge in [0.1, 0.15) is 5.75 Å². The molecule has 0 unspecified atom stereocenters. The van der Waals surface area contributed by atoms with E-state index in [2.05, 4.69) is 4.74 Å². The quantitative estimate of drug-likeness (QED) is 0.664. The van der Waals surface area contributed by atoms with Gasteiger partial charge in [0, 0.05) is 6.92 Å². The molecule has 1 aliphatic rings. The number of ether oxygens (including phenoxy) is 1. The van der Waals surface area contributed by atoms with Crippen molar-refractivity contribution in [1.29, 1.82) is 0 Å². The number of aryl methyl sites for hydroxylation is 2. The van der Waals surface area contributed by atoms with E-state index in [1.165, 1.54) is 38.0 Å². The molecule has 3 nitrogen and oxygen atoms in total. The highest BCUT2D eigenvalue weighted by Gasteiger charge is 2.09. The molecule has 0 radical (unpaired) electrons. The van der Waals surface area contributed by atoms with E-state index in [9.17, 15) is 4.79 Å². The minimum absolute atomic E-state index is 0.245. The SMILES string of the molecule is COC(C)=O.Oc1ccc2c(c1)CCC2. The molecule has 3 heteroatoms. The van der Waals surface area contributed by atoms with E-state index in [0.717, 1.165) is 6.42 Å². The van der Waals surface area contributed by atoms with E-state index in [1.807, 2.05) is 12.1 Å². The highest BCUT2D eigenvalue weighted by atomic mass is 16.5. The second-order valence-electron chi connectivity index (χ2n) is 3.50. The lowest BCUT2D eigenvalue weighted by Gasteiger charge is -1.97. The van der Waals surface area contributed by atoms with Crippen LogP contribution in [0.3, 0.4) is 0 Å². The van der Waals surface area contributed by atoms with Crippen molar-refractivity contribution in [2.75, 3.05) is 7.11 Å². The van der Waals surface area contributed by atoms with Crippen LogP contribution in [0.15, 0.2) is 18.2 Å². The van der Waals surface area contributed by atoms with Crippen LogP contribution >= 0.6 is 0 Å². The van der Waals surface area contributed by atoms with Crippen LogP contribution in [0.4, 0.5) is 0 Å². The van der Waals surface area contributed by atoms with E-state index in [-0.39, 0.29) is 5.97 Å². The summed E-state index contributed by atoms with van der Waals surface area (Å²) in [6.45, 7) is 1.36. The van der Waals surface area contributed by atoms with Gasteiger partial charge >= 0.3 is 5.97 Å². The summed E-state index contributed by atoms with van der Waals surface area (Å²) >= 11 is 0. The van der Waals surface area contributed by atoms with Gasteiger partial charge < -0.3 is 9.84 Å². The summed E-state index contributed by atoms with van der Waals surface area (Å²) in [5.41, 5.74) is 2.75. The molecule has 0 spiro atoms. The zero-order valence-corrected chi connectivity index (χ0v) is 9.12. The first-order valence-electron chi connectivity index (χ1n) is 4.99. The number of carbonyl (C=O) groups is 1. The third kappa shape index (κ3) is 3.62. The largest absolute Gasteiger partial charge is 0.508 e. The molecule has 0 saturated heterocycles. The lowest BCUT2D eigenvalue weighted by Crippen LogP contribution is -1.88. The highest BCUT2D eigenvalue weighted by Crippen LogP contribution is 2.24. The van der Waals surface area contributed by atoms with Gasteiger partial charge in [-0.2, -0.15) is 0 Å². The second-order valence-corrected chi connectivity index (χ2v) is 3.50. The Hall–Kier alpha value is -1.51. The zero-order valence-electron chi connectivity index (χ0n) is 9.12. The summed E-state index contributed by atoms with van der Waals surface area (Å²) in [5.74, 6) is 0.158. The van der Waals surface area contributed by atoms with Gasteiger partial charge in [-0.1, -0.05) is 6.07 Å². The smallest absolute Gasteiger partial charge is 0.302 e. The number of methoxy groups -OCH3 is 1. The standard InChI is InChI=1S/C9H10O.C3H6O2/c10-9-5-4-7-2-1-3-8(7)6-9;1-3(4)5-2/h4-6,10H,1-3H2;1-2H3. The van der Waals surface area contributed by atoms with Crippen molar-refractivity contribution in [1.82, 2.24) is 0 Å². The van der Waals surface area contributed by atoms with Crippen molar-refractivity contribution >= 4 is 5.97 Å². The van der Waals surface area contributed by atoms with Crippen LogP contribution in [-0.4, -0.2) is 18.2 Å². The molecule has 0 heterocycles. The average Bonchev–Trinajstić information content (AvgIpc) is 2.65. The van der Waals surface area contributed by atoms with Crippen molar-refractivity contribution in [3.05, 3.63) is 29.3 Å². The Labute approximate surface area is 89.7 Å². The maximum Gasteiger partial charge on any atom is 0.302 e. The molecule has 0 fully saturated rings. The zero-order chi connectivity index (χ0) is 11.3. The fourth-order valence-electron chi connectivity index (χ4n) is 1.56. The number of benzene rings is 1. The number of fused-ring (bicyclic) bond motifs is 1. The molecule has 1 aromatic rings. The third-order valence-corrected chi connectivity index (χ3v) is 2.37. The topological polar surface area (TPSA) is 46.5 Å². The van der Waals surface area contributed by atoms with Crippen LogP contribution < -0.4 is 0 Å². The van der Waals surface area contributed by atoms with Crippen molar-refractivity contribution in [2.24, 2.45) is 0 Å². The van der Waals surface area contributed by atoms with E-state index >= 15 is 0 Å². The number of phenols is 1. The number of carbonyl (C=O) groups excluding carboxylic acids is 1. The summed E-state index contributed by atoms with van der Waals surface area (Å²) in [5, 5.41) is 9.10. The molecule has 1 aliphatic carbocycles. The first-order chi connectivity index (χ1) is 7.13. The Morgan fingerprint density at radius 2 is 1.93 bits per heavy atom. The monoisotopic (exact) mass is 208 g/mol. The first-order valence-corrected chi connectivity index (χ1v) is 4.99. The van der Waals surface area contributed by atoms with Crippen LogP contribution in [0.1, 0.15) is 24.5 Å². The summed E-state index contributed by atoms with van der Waals surface area (Å²) in [6.07, 6.45) is 3.58. The van der Waals surface area contributed by atoms with Crippen LogP contribution in [-0.2, 0) is 22.4 Å². The predicted octanol–water partition coefficient (Wildman–Crippen LogP) is 2.06. The molecule has 1 N–H and O–H groups in total. The van der Waals surface area contributed by atoms with Crippen molar-refractivity contribution in [3.8, 4) is 5.75 Å². The van der Waals surface area contributed by atoms with Gasteiger partial charge in [-0.3, -0.25) is 4.79 Å². The van der Waals surface area contributed by atoms with E-state index < -0.39 is 0 Å². The molecule has 82 valence electrons. The van der Waals surface area contributed by atoms with Gasteiger partial charge in [0.25, 0.3) is 0 Å². The van der Waals surface area contributed by atoms with Gasteiger partial charge in [0.15, 0.2) is 0 Å². The van der Waals surface area contributed by atoms with Crippen molar-refractivity contribution in [3.63, 3.8) is 0 Å². The summed E-state index contributed by atoms with van der Waals surface area (Å²) in [4.78, 5) is 9.59. The summed E-state index contributed by atoms with van der Waals surface area (Å²) in [7, 11) is 1.35. The molecule has 0 atom stereocenters. The predicted molar refractivity (Wildman–Crippen MR) is 57.8 cm³/mol. The Morgan fingerprint density at radius 3 is 2.53 bits per heavy atom. The Bertz CT molecular complexity index is 345. The summed E-state index contributed by atoms with van der Waals surface area (Å²) < 4.78 is 4.11. The molecule has 0 amide bonds. The third-order valence-electron chi connectivity index (χ3n) is 2.37. The molecular weight excluding hydrogens is 192 g/mol. The number of hydrogen-bond donors (Lipinski definition) is 1. The minimum atomic E-state index is -0.245. The molecule has 1 aromatic carbocycles. The fourth-order valence-corrected chi connectivity index (χ4v) is 1.56. The van der Waals surface area contributed by atoms with Crippen LogP contribution in [0.5, 0.6) is 5.75 Å². The number of rotatable bonds is 0. The fraction of sp³-hybridized carbons (Fsp3) is 0.417. The van der Waals surface area contributed by atoms with Crippen molar-refractivity contribution < 1.29 is 14.6 Å². The van der Waals surface area contributed by atoms with Gasteiger partial charge in [-0.05, 0) is 42.5 Å². The maximum atomic E-state index is 9.59. The summed E-state index contributed by atoms with van der Waals surface area (Å²) in [6, 6.07) is 5.67.